The van der Waals surface area contributed by atoms with Gasteiger partial charge in [-0.05, 0) is 43.6 Å². The second kappa shape index (κ2) is 6.30. The topological polar surface area (TPSA) is 12.0 Å². The number of hydrogen-bond donors (Lipinski definition) is 1. The van der Waals surface area contributed by atoms with E-state index in [1.165, 1.54) is 36.8 Å². The van der Waals surface area contributed by atoms with Crippen LogP contribution in [0, 0.1) is 18.3 Å². The summed E-state index contributed by atoms with van der Waals surface area (Å²) < 4.78 is 0. The molecule has 1 aliphatic rings. The van der Waals surface area contributed by atoms with Crippen LogP contribution in [0.1, 0.15) is 70.5 Å². The SMILES string of the molecule is Cc1ccc([C@H](C)NC2CCCCC2C(C)(C)C)cc1. The minimum Gasteiger partial charge on any atom is -0.307 e. The second-order valence-electron chi connectivity index (χ2n) is 7.66. The first kappa shape index (κ1) is 15.6. The lowest BCUT2D eigenvalue weighted by atomic mass is 9.69. The smallest absolute Gasteiger partial charge is 0.0294 e. The van der Waals surface area contributed by atoms with Crippen LogP contribution in [0.25, 0.3) is 0 Å². The quantitative estimate of drug-likeness (QED) is 0.793. The van der Waals surface area contributed by atoms with E-state index in [9.17, 15) is 0 Å². The highest BCUT2D eigenvalue weighted by Crippen LogP contribution is 2.38. The van der Waals surface area contributed by atoms with Gasteiger partial charge < -0.3 is 5.32 Å². The van der Waals surface area contributed by atoms with Crippen molar-refractivity contribution in [2.24, 2.45) is 11.3 Å². The van der Waals surface area contributed by atoms with Crippen LogP contribution in [0.4, 0.5) is 0 Å². The van der Waals surface area contributed by atoms with Crippen molar-refractivity contribution in [3.63, 3.8) is 0 Å². The fourth-order valence-electron chi connectivity index (χ4n) is 3.64. The maximum Gasteiger partial charge on any atom is 0.0294 e. The molecule has 2 rings (SSSR count). The molecule has 0 amide bonds. The number of nitrogens with one attached hydrogen (secondary N) is 1. The van der Waals surface area contributed by atoms with Gasteiger partial charge in [-0.1, -0.05) is 63.4 Å². The largest absolute Gasteiger partial charge is 0.307 e. The first-order valence-electron chi connectivity index (χ1n) is 8.20. The van der Waals surface area contributed by atoms with E-state index < -0.39 is 0 Å². The van der Waals surface area contributed by atoms with E-state index in [4.69, 9.17) is 0 Å². The molecule has 0 spiro atoms. The summed E-state index contributed by atoms with van der Waals surface area (Å²) in [6, 6.07) is 10.1. The molecule has 0 aliphatic heterocycles. The van der Waals surface area contributed by atoms with Crippen molar-refractivity contribution in [3.8, 4) is 0 Å². The zero-order valence-electron chi connectivity index (χ0n) is 13.9. The van der Waals surface area contributed by atoms with Crippen LogP contribution in [-0.2, 0) is 0 Å². The summed E-state index contributed by atoms with van der Waals surface area (Å²) in [6.45, 7) is 11.6. The Kier molecular flexibility index (Phi) is 4.90. The lowest BCUT2D eigenvalue weighted by Crippen LogP contribution is -2.45. The summed E-state index contributed by atoms with van der Waals surface area (Å²) in [5.41, 5.74) is 3.16. The summed E-state index contributed by atoms with van der Waals surface area (Å²) >= 11 is 0. The zero-order valence-corrected chi connectivity index (χ0v) is 13.9. The Labute approximate surface area is 125 Å². The number of aryl methyl sites for hydroxylation is 1. The van der Waals surface area contributed by atoms with Gasteiger partial charge in [0.1, 0.15) is 0 Å². The highest BCUT2D eigenvalue weighted by Gasteiger charge is 2.34. The minimum absolute atomic E-state index is 0.408. The normalized spacial score (nSPS) is 25.4. The first-order valence-corrected chi connectivity index (χ1v) is 8.20. The molecular weight excluding hydrogens is 242 g/mol. The van der Waals surface area contributed by atoms with Crippen molar-refractivity contribution in [1.29, 1.82) is 0 Å². The van der Waals surface area contributed by atoms with Crippen LogP contribution in [0.2, 0.25) is 0 Å². The van der Waals surface area contributed by atoms with E-state index in [0.717, 1.165) is 5.92 Å². The van der Waals surface area contributed by atoms with Crippen molar-refractivity contribution in [1.82, 2.24) is 5.32 Å². The van der Waals surface area contributed by atoms with Crippen LogP contribution in [-0.4, -0.2) is 6.04 Å². The molecule has 1 aromatic carbocycles. The second-order valence-corrected chi connectivity index (χ2v) is 7.66. The highest BCUT2D eigenvalue weighted by atomic mass is 15.0. The Hall–Kier alpha value is -0.820. The Bertz CT molecular complexity index is 412. The van der Waals surface area contributed by atoms with Gasteiger partial charge >= 0.3 is 0 Å². The van der Waals surface area contributed by atoms with E-state index in [1.54, 1.807) is 0 Å². The summed E-state index contributed by atoms with van der Waals surface area (Å²) in [6.07, 6.45) is 5.49. The molecular formula is C19H31N. The van der Waals surface area contributed by atoms with Crippen LogP contribution < -0.4 is 5.32 Å². The molecule has 0 aromatic heterocycles. The molecule has 1 N–H and O–H groups in total. The Morgan fingerprint density at radius 3 is 2.25 bits per heavy atom. The average Bonchev–Trinajstić information content (AvgIpc) is 2.38. The molecule has 112 valence electrons. The van der Waals surface area contributed by atoms with Crippen molar-refractivity contribution >= 4 is 0 Å². The first-order chi connectivity index (χ1) is 9.38. The summed E-state index contributed by atoms with van der Waals surface area (Å²) in [7, 11) is 0. The van der Waals surface area contributed by atoms with E-state index in [1.807, 2.05) is 0 Å². The van der Waals surface area contributed by atoms with E-state index >= 15 is 0 Å². The van der Waals surface area contributed by atoms with Gasteiger partial charge in [0.05, 0.1) is 0 Å². The van der Waals surface area contributed by atoms with Crippen molar-refractivity contribution < 1.29 is 0 Å². The van der Waals surface area contributed by atoms with Gasteiger partial charge in [-0.2, -0.15) is 0 Å². The van der Waals surface area contributed by atoms with Crippen LogP contribution in [0.5, 0.6) is 0 Å². The average molecular weight is 273 g/mol. The van der Waals surface area contributed by atoms with Gasteiger partial charge in [0, 0.05) is 12.1 Å². The molecule has 20 heavy (non-hydrogen) atoms. The van der Waals surface area contributed by atoms with Crippen LogP contribution in [0.3, 0.4) is 0 Å². The number of rotatable bonds is 3. The molecule has 0 bridgehead atoms. The third kappa shape index (κ3) is 3.85. The lowest BCUT2D eigenvalue weighted by molar-refractivity contribution is 0.124. The van der Waals surface area contributed by atoms with Gasteiger partial charge in [-0.25, -0.2) is 0 Å². The van der Waals surface area contributed by atoms with Gasteiger partial charge in [0.15, 0.2) is 0 Å². The van der Waals surface area contributed by atoms with Gasteiger partial charge in [0.2, 0.25) is 0 Å². The van der Waals surface area contributed by atoms with Crippen molar-refractivity contribution in [3.05, 3.63) is 35.4 Å². The molecule has 1 nitrogen and oxygen atoms in total. The maximum absolute atomic E-state index is 3.91. The van der Waals surface area contributed by atoms with E-state index in [2.05, 4.69) is 64.2 Å². The molecule has 0 heterocycles. The molecule has 2 unspecified atom stereocenters. The number of hydrogen-bond acceptors (Lipinski definition) is 1. The predicted octanol–water partition coefficient (Wildman–Crippen LogP) is 5.25. The van der Waals surface area contributed by atoms with Crippen LogP contribution >= 0.6 is 0 Å². The van der Waals surface area contributed by atoms with Crippen LogP contribution in [0.15, 0.2) is 24.3 Å². The van der Waals surface area contributed by atoms with E-state index in [-0.39, 0.29) is 0 Å². The number of benzene rings is 1. The Morgan fingerprint density at radius 1 is 1.05 bits per heavy atom. The monoisotopic (exact) mass is 273 g/mol. The maximum atomic E-state index is 3.91. The Balaban J connectivity index is 2.05. The fraction of sp³-hybridized carbons (Fsp3) is 0.684. The molecule has 1 saturated carbocycles. The third-order valence-corrected chi connectivity index (χ3v) is 4.92. The van der Waals surface area contributed by atoms with Gasteiger partial charge in [-0.3, -0.25) is 0 Å². The molecule has 1 aromatic rings. The van der Waals surface area contributed by atoms with Crippen molar-refractivity contribution in [2.75, 3.05) is 0 Å². The fourth-order valence-corrected chi connectivity index (χ4v) is 3.64. The molecule has 1 aliphatic carbocycles. The predicted molar refractivity (Wildman–Crippen MR) is 87.9 cm³/mol. The molecule has 3 atom stereocenters. The van der Waals surface area contributed by atoms with E-state index in [0.29, 0.717) is 17.5 Å². The van der Waals surface area contributed by atoms with Gasteiger partial charge in [0.25, 0.3) is 0 Å². The third-order valence-electron chi connectivity index (χ3n) is 4.92. The molecule has 1 fully saturated rings. The molecule has 0 saturated heterocycles. The minimum atomic E-state index is 0.408. The van der Waals surface area contributed by atoms with Crippen molar-refractivity contribution in [2.45, 2.75) is 72.4 Å². The zero-order chi connectivity index (χ0) is 14.8. The summed E-state index contributed by atoms with van der Waals surface area (Å²) in [5, 5.41) is 3.91. The Morgan fingerprint density at radius 2 is 1.65 bits per heavy atom. The standard InChI is InChI=1S/C19H31N/c1-14-10-12-16(13-11-14)15(2)20-18-9-7-6-8-17(18)19(3,4)5/h10-13,15,17-18,20H,6-9H2,1-5H3/t15-,17?,18?/m0/s1. The lowest BCUT2D eigenvalue weighted by Gasteiger charge is -2.42. The van der Waals surface area contributed by atoms with Gasteiger partial charge in [-0.15, -0.1) is 0 Å². The molecule has 0 radical (unpaired) electrons. The highest BCUT2D eigenvalue weighted by molar-refractivity contribution is 5.23. The molecule has 1 heteroatoms. The summed E-state index contributed by atoms with van der Waals surface area (Å²) in [5.74, 6) is 0.796. The summed E-state index contributed by atoms with van der Waals surface area (Å²) in [4.78, 5) is 0.